The maximum absolute atomic E-state index is 8.89. The number of aryl methyl sites for hydroxylation is 1. The zero-order chi connectivity index (χ0) is 13.5. The summed E-state index contributed by atoms with van der Waals surface area (Å²) in [6.45, 7) is 0.0493. The Hall–Kier alpha value is -1.84. The number of hydrogen-bond acceptors (Lipinski definition) is 3. The first-order valence-corrected chi connectivity index (χ1v) is 6.55. The quantitative estimate of drug-likeness (QED) is 0.744. The van der Waals surface area contributed by atoms with Gasteiger partial charge >= 0.3 is 0 Å². The first kappa shape index (κ1) is 13.6. The summed E-state index contributed by atoms with van der Waals surface area (Å²) in [6, 6.07) is 18.3. The van der Waals surface area contributed by atoms with Crippen molar-refractivity contribution in [3.63, 3.8) is 0 Å². The number of benzene rings is 2. The smallest absolute Gasteiger partial charge is 0.0582 e. The van der Waals surface area contributed by atoms with Crippen LogP contribution < -0.4 is 11.1 Å². The van der Waals surface area contributed by atoms with E-state index in [1.165, 1.54) is 5.56 Å². The van der Waals surface area contributed by atoms with Gasteiger partial charge in [0.1, 0.15) is 0 Å². The van der Waals surface area contributed by atoms with Gasteiger partial charge in [-0.2, -0.15) is 0 Å². The van der Waals surface area contributed by atoms with Gasteiger partial charge in [0.2, 0.25) is 0 Å². The molecule has 0 aliphatic heterocycles. The maximum atomic E-state index is 8.89. The largest absolute Gasteiger partial charge is 0.395 e. The summed E-state index contributed by atoms with van der Waals surface area (Å²) in [4.78, 5) is 0. The molecule has 0 bridgehead atoms. The molecule has 0 heterocycles. The summed E-state index contributed by atoms with van der Waals surface area (Å²) in [5, 5.41) is 12.2. The lowest BCUT2D eigenvalue weighted by Crippen LogP contribution is -2.24. The average Bonchev–Trinajstić information content (AvgIpc) is 2.47. The Balaban J connectivity index is 1.91. The van der Waals surface area contributed by atoms with Gasteiger partial charge in [0.15, 0.2) is 0 Å². The van der Waals surface area contributed by atoms with Gasteiger partial charge in [0, 0.05) is 17.4 Å². The fraction of sp³-hybridized carbons (Fsp3) is 0.250. The molecular weight excluding hydrogens is 236 g/mol. The minimum atomic E-state index is -0.123. The molecule has 100 valence electrons. The first-order valence-electron chi connectivity index (χ1n) is 6.55. The van der Waals surface area contributed by atoms with Gasteiger partial charge in [0.25, 0.3) is 0 Å². The van der Waals surface area contributed by atoms with E-state index in [1.54, 1.807) is 0 Å². The van der Waals surface area contributed by atoms with E-state index in [0.29, 0.717) is 0 Å². The van der Waals surface area contributed by atoms with E-state index in [2.05, 4.69) is 29.6 Å². The van der Waals surface area contributed by atoms with E-state index in [4.69, 9.17) is 10.8 Å². The van der Waals surface area contributed by atoms with Crippen LogP contribution in [0, 0.1) is 0 Å². The Labute approximate surface area is 114 Å². The van der Waals surface area contributed by atoms with E-state index in [0.717, 1.165) is 24.2 Å². The van der Waals surface area contributed by atoms with Gasteiger partial charge < -0.3 is 16.2 Å². The molecule has 2 aromatic carbocycles. The summed E-state index contributed by atoms with van der Waals surface area (Å²) in [6.07, 6.45) is 1.70. The van der Waals surface area contributed by atoms with Crippen molar-refractivity contribution >= 4 is 11.4 Å². The van der Waals surface area contributed by atoms with Gasteiger partial charge in [-0.1, -0.05) is 30.3 Å². The molecule has 3 heteroatoms. The zero-order valence-electron chi connectivity index (χ0n) is 10.9. The van der Waals surface area contributed by atoms with E-state index in [1.807, 2.05) is 30.3 Å². The van der Waals surface area contributed by atoms with Gasteiger partial charge in [-0.15, -0.1) is 0 Å². The molecule has 2 aromatic rings. The lowest BCUT2D eigenvalue weighted by molar-refractivity contribution is 0.260. The number of aliphatic hydroxyl groups is 1. The summed E-state index contributed by atoms with van der Waals surface area (Å²) >= 11 is 0. The van der Waals surface area contributed by atoms with E-state index in [9.17, 15) is 0 Å². The highest BCUT2D eigenvalue weighted by atomic mass is 16.3. The SMILES string of the molecule is N[C@H](CO)CCc1ccc(Nc2ccccc2)cc1. The number of anilines is 2. The second kappa shape index (κ2) is 6.92. The number of nitrogens with one attached hydrogen (secondary N) is 1. The van der Waals surface area contributed by atoms with Crippen LogP contribution >= 0.6 is 0 Å². The number of rotatable bonds is 6. The average molecular weight is 256 g/mol. The summed E-state index contributed by atoms with van der Waals surface area (Å²) in [5.41, 5.74) is 9.08. The summed E-state index contributed by atoms with van der Waals surface area (Å²) in [7, 11) is 0. The van der Waals surface area contributed by atoms with E-state index in [-0.39, 0.29) is 12.6 Å². The first-order chi connectivity index (χ1) is 9.28. The van der Waals surface area contributed by atoms with E-state index >= 15 is 0 Å². The molecule has 0 spiro atoms. The van der Waals surface area contributed by atoms with Gasteiger partial charge in [0.05, 0.1) is 6.61 Å². The van der Waals surface area contributed by atoms with Crippen molar-refractivity contribution in [2.75, 3.05) is 11.9 Å². The molecule has 0 saturated heterocycles. The summed E-state index contributed by atoms with van der Waals surface area (Å²) in [5.74, 6) is 0. The second-order valence-electron chi connectivity index (χ2n) is 4.67. The Morgan fingerprint density at radius 1 is 0.947 bits per heavy atom. The number of para-hydroxylation sites is 1. The standard InChI is InChI=1S/C16H20N2O/c17-14(12-19)9-6-13-7-10-16(11-8-13)18-15-4-2-1-3-5-15/h1-5,7-8,10-11,14,18-19H,6,9,12,17H2/t14-/m0/s1. The van der Waals surface area contributed by atoms with Crippen LogP contribution in [-0.2, 0) is 6.42 Å². The zero-order valence-corrected chi connectivity index (χ0v) is 10.9. The van der Waals surface area contributed by atoms with Crippen LogP contribution in [0.4, 0.5) is 11.4 Å². The van der Waals surface area contributed by atoms with Crippen LogP contribution in [0.3, 0.4) is 0 Å². The predicted octanol–water partition coefficient (Wildman–Crippen LogP) is 2.68. The minimum absolute atomic E-state index is 0.0493. The molecule has 1 atom stereocenters. The second-order valence-corrected chi connectivity index (χ2v) is 4.67. The van der Waals surface area contributed by atoms with Crippen molar-refractivity contribution in [1.82, 2.24) is 0 Å². The van der Waals surface area contributed by atoms with Gasteiger partial charge in [-0.25, -0.2) is 0 Å². The fourth-order valence-corrected chi connectivity index (χ4v) is 1.89. The van der Waals surface area contributed by atoms with Crippen LogP contribution in [-0.4, -0.2) is 17.8 Å². The minimum Gasteiger partial charge on any atom is -0.395 e. The number of nitrogens with two attached hydrogens (primary N) is 1. The summed E-state index contributed by atoms with van der Waals surface area (Å²) < 4.78 is 0. The molecule has 19 heavy (non-hydrogen) atoms. The molecule has 0 aromatic heterocycles. The van der Waals surface area contributed by atoms with Gasteiger partial charge in [-0.3, -0.25) is 0 Å². The Morgan fingerprint density at radius 3 is 2.21 bits per heavy atom. The van der Waals surface area contributed by atoms with Crippen molar-refractivity contribution in [2.24, 2.45) is 5.73 Å². The lowest BCUT2D eigenvalue weighted by atomic mass is 10.1. The van der Waals surface area contributed by atoms with Crippen LogP contribution in [0.1, 0.15) is 12.0 Å². The normalized spacial score (nSPS) is 12.1. The van der Waals surface area contributed by atoms with Crippen LogP contribution in [0.25, 0.3) is 0 Å². The molecular formula is C16H20N2O. The third kappa shape index (κ3) is 4.39. The highest BCUT2D eigenvalue weighted by molar-refractivity contribution is 5.59. The van der Waals surface area contributed by atoms with E-state index < -0.39 is 0 Å². The molecule has 3 nitrogen and oxygen atoms in total. The highest BCUT2D eigenvalue weighted by Gasteiger charge is 2.01. The van der Waals surface area contributed by atoms with Crippen molar-refractivity contribution in [3.8, 4) is 0 Å². The Bertz CT molecular complexity index is 482. The predicted molar refractivity (Wildman–Crippen MR) is 79.5 cm³/mol. The maximum Gasteiger partial charge on any atom is 0.0582 e. The monoisotopic (exact) mass is 256 g/mol. The lowest BCUT2D eigenvalue weighted by Gasteiger charge is -2.09. The van der Waals surface area contributed by atoms with Crippen molar-refractivity contribution in [3.05, 3.63) is 60.2 Å². The van der Waals surface area contributed by atoms with Crippen molar-refractivity contribution in [1.29, 1.82) is 0 Å². The van der Waals surface area contributed by atoms with Crippen LogP contribution in [0.15, 0.2) is 54.6 Å². The fourth-order valence-electron chi connectivity index (χ4n) is 1.89. The van der Waals surface area contributed by atoms with Crippen LogP contribution in [0.2, 0.25) is 0 Å². The Morgan fingerprint density at radius 2 is 1.58 bits per heavy atom. The topological polar surface area (TPSA) is 58.3 Å². The van der Waals surface area contributed by atoms with Crippen molar-refractivity contribution < 1.29 is 5.11 Å². The Kier molecular flexibility index (Phi) is 4.95. The van der Waals surface area contributed by atoms with Crippen molar-refractivity contribution in [2.45, 2.75) is 18.9 Å². The third-order valence-corrected chi connectivity index (χ3v) is 3.05. The van der Waals surface area contributed by atoms with Gasteiger partial charge in [-0.05, 0) is 42.7 Å². The molecule has 2 rings (SSSR count). The molecule has 4 N–H and O–H groups in total. The highest BCUT2D eigenvalue weighted by Crippen LogP contribution is 2.17. The number of hydrogen-bond donors (Lipinski definition) is 3. The molecule has 0 fully saturated rings. The molecule has 0 amide bonds. The molecule has 0 aliphatic rings. The molecule has 0 radical (unpaired) electrons. The molecule has 0 unspecified atom stereocenters. The van der Waals surface area contributed by atoms with Crippen LogP contribution in [0.5, 0.6) is 0 Å². The number of aliphatic hydroxyl groups excluding tert-OH is 1. The molecule has 0 saturated carbocycles. The third-order valence-electron chi connectivity index (χ3n) is 3.05. The molecule has 0 aliphatic carbocycles.